The van der Waals surface area contributed by atoms with Crippen LogP contribution in [0.1, 0.15) is 6.42 Å². The Bertz CT molecular complexity index is 718. The molecule has 0 spiro atoms. The lowest BCUT2D eigenvalue weighted by atomic mass is 10.3. The molecular formula is C9H10ClN7O2S. The molecule has 1 aliphatic rings. The van der Waals surface area contributed by atoms with E-state index in [1.807, 2.05) is 0 Å². The number of hydrogen-bond donors (Lipinski definition) is 1. The molecule has 1 saturated heterocycles. The van der Waals surface area contributed by atoms with Crippen molar-refractivity contribution in [3.63, 3.8) is 0 Å². The summed E-state index contributed by atoms with van der Waals surface area (Å²) in [5.41, 5.74) is 0. The van der Waals surface area contributed by atoms with Crippen LogP contribution in [0.2, 0.25) is 5.28 Å². The molecule has 1 atom stereocenters. The minimum absolute atomic E-state index is 0.00569. The molecule has 1 aliphatic heterocycles. The fourth-order valence-electron chi connectivity index (χ4n) is 1.91. The minimum atomic E-state index is -2.97. The van der Waals surface area contributed by atoms with Gasteiger partial charge in [-0.05, 0) is 18.0 Å². The third-order valence-electron chi connectivity index (χ3n) is 2.79. The first-order valence-corrected chi connectivity index (χ1v) is 7.95. The highest BCUT2D eigenvalue weighted by Crippen LogP contribution is 2.16. The first kappa shape index (κ1) is 13.2. The summed E-state index contributed by atoms with van der Waals surface area (Å²) in [6.07, 6.45) is 3.29. The number of nitrogens with one attached hydrogen (secondary N) is 1. The lowest BCUT2D eigenvalue weighted by molar-refractivity contribution is 0.602. The number of aromatic nitrogens is 6. The zero-order chi connectivity index (χ0) is 14.2. The molecule has 0 saturated carbocycles. The molecule has 11 heteroatoms. The van der Waals surface area contributed by atoms with Gasteiger partial charge in [0.05, 0.1) is 11.5 Å². The fraction of sp³-hybridized carbons (Fsp3) is 0.444. The Morgan fingerprint density at radius 1 is 1.35 bits per heavy atom. The van der Waals surface area contributed by atoms with Gasteiger partial charge in [-0.2, -0.15) is 24.7 Å². The molecule has 0 bridgehead atoms. The Morgan fingerprint density at radius 3 is 2.85 bits per heavy atom. The number of halogens is 1. The molecule has 2 aromatic heterocycles. The van der Waals surface area contributed by atoms with E-state index in [1.54, 1.807) is 0 Å². The smallest absolute Gasteiger partial charge is 0.258 e. The molecule has 20 heavy (non-hydrogen) atoms. The Labute approximate surface area is 119 Å². The molecule has 0 amide bonds. The largest absolute Gasteiger partial charge is 0.350 e. The first-order chi connectivity index (χ1) is 9.52. The van der Waals surface area contributed by atoms with Crippen molar-refractivity contribution in [3.05, 3.63) is 17.9 Å². The second-order valence-electron chi connectivity index (χ2n) is 4.31. The van der Waals surface area contributed by atoms with Gasteiger partial charge >= 0.3 is 0 Å². The Morgan fingerprint density at radius 2 is 2.20 bits per heavy atom. The summed E-state index contributed by atoms with van der Waals surface area (Å²) in [7, 11) is -2.97. The molecule has 1 unspecified atom stereocenters. The molecule has 9 nitrogen and oxygen atoms in total. The molecule has 3 heterocycles. The summed E-state index contributed by atoms with van der Waals surface area (Å²) in [6, 6.07) is -0.220. The van der Waals surface area contributed by atoms with Crippen molar-refractivity contribution in [2.75, 3.05) is 16.8 Å². The summed E-state index contributed by atoms with van der Waals surface area (Å²) in [4.78, 5) is 15.8. The molecule has 0 radical (unpaired) electrons. The number of nitrogens with zero attached hydrogens (tertiary/aromatic N) is 6. The van der Waals surface area contributed by atoms with Gasteiger partial charge in [0.1, 0.15) is 12.7 Å². The zero-order valence-corrected chi connectivity index (χ0v) is 11.7. The lowest BCUT2D eigenvalue weighted by Gasteiger charge is -2.11. The third-order valence-corrected chi connectivity index (χ3v) is 4.72. The van der Waals surface area contributed by atoms with Gasteiger partial charge in [-0.25, -0.2) is 13.4 Å². The van der Waals surface area contributed by atoms with E-state index in [2.05, 4.69) is 30.4 Å². The van der Waals surface area contributed by atoms with Crippen LogP contribution in [0.25, 0.3) is 5.95 Å². The van der Waals surface area contributed by atoms with E-state index >= 15 is 0 Å². The van der Waals surface area contributed by atoms with Crippen LogP contribution in [0.15, 0.2) is 12.7 Å². The highest BCUT2D eigenvalue weighted by Gasteiger charge is 2.28. The van der Waals surface area contributed by atoms with Gasteiger partial charge in [-0.15, -0.1) is 0 Å². The Balaban J connectivity index is 1.84. The van der Waals surface area contributed by atoms with Crippen molar-refractivity contribution < 1.29 is 8.42 Å². The normalized spacial score (nSPS) is 20.9. The summed E-state index contributed by atoms with van der Waals surface area (Å²) >= 11 is 5.83. The maximum Gasteiger partial charge on any atom is 0.258 e. The van der Waals surface area contributed by atoms with Crippen molar-refractivity contribution in [3.8, 4) is 5.95 Å². The van der Waals surface area contributed by atoms with Crippen molar-refractivity contribution in [1.82, 2.24) is 29.7 Å². The number of hydrogen-bond acceptors (Lipinski definition) is 8. The molecule has 0 aromatic carbocycles. The Hall–Kier alpha value is -1.81. The van der Waals surface area contributed by atoms with Crippen LogP contribution < -0.4 is 5.32 Å². The van der Waals surface area contributed by atoms with Gasteiger partial charge in [0, 0.05) is 6.04 Å². The molecule has 3 rings (SSSR count). The van der Waals surface area contributed by atoms with Crippen LogP contribution in [-0.2, 0) is 9.84 Å². The zero-order valence-electron chi connectivity index (χ0n) is 10.1. The van der Waals surface area contributed by atoms with Crippen molar-refractivity contribution in [2.45, 2.75) is 12.5 Å². The van der Waals surface area contributed by atoms with E-state index in [0.29, 0.717) is 6.42 Å². The maximum atomic E-state index is 11.4. The quantitative estimate of drug-likeness (QED) is 0.821. The first-order valence-electron chi connectivity index (χ1n) is 5.75. The van der Waals surface area contributed by atoms with Gasteiger partial charge in [0.25, 0.3) is 5.95 Å². The van der Waals surface area contributed by atoms with E-state index in [-0.39, 0.29) is 34.7 Å². The van der Waals surface area contributed by atoms with E-state index in [1.165, 1.54) is 17.3 Å². The summed E-state index contributed by atoms with van der Waals surface area (Å²) in [6.45, 7) is 0. The SMILES string of the molecule is O=S1(=O)CCC(Nc2nc(Cl)nc(-n3cncn3)n2)C1. The topological polar surface area (TPSA) is 116 Å². The van der Waals surface area contributed by atoms with Gasteiger partial charge in [0.2, 0.25) is 11.2 Å². The van der Waals surface area contributed by atoms with Gasteiger partial charge in [0.15, 0.2) is 9.84 Å². The molecule has 0 aliphatic carbocycles. The molecular weight excluding hydrogens is 306 g/mol. The number of rotatable bonds is 3. The maximum absolute atomic E-state index is 11.4. The molecule has 1 fully saturated rings. The molecule has 2 aromatic rings. The monoisotopic (exact) mass is 315 g/mol. The van der Waals surface area contributed by atoms with Gasteiger partial charge in [-0.3, -0.25) is 0 Å². The highest BCUT2D eigenvalue weighted by molar-refractivity contribution is 7.91. The van der Waals surface area contributed by atoms with E-state index in [4.69, 9.17) is 11.6 Å². The highest BCUT2D eigenvalue weighted by atomic mass is 35.5. The van der Waals surface area contributed by atoms with Gasteiger partial charge < -0.3 is 5.32 Å². The summed E-state index contributed by atoms with van der Waals surface area (Å²) in [5, 5.41) is 6.84. The predicted octanol–water partition coefficient (Wildman–Crippen LogP) is -0.295. The standard InChI is InChI=1S/C9H10ClN7O2S/c10-7-14-8(13-6-1-2-20(18,19)3-6)16-9(15-7)17-5-11-4-12-17/h4-6H,1-3H2,(H,13,14,15,16). The van der Waals surface area contributed by atoms with Gasteiger partial charge in [-0.1, -0.05) is 0 Å². The van der Waals surface area contributed by atoms with E-state index in [9.17, 15) is 8.42 Å². The second kappa shape index (κ2) is 4.94. The average Bonchev–Trinajstić information content (AvgIpc) is 2.98. The minimum Gasteiger partial charge on any atom is -0.350 e. The van der Waals surface area contributed by atoms with Crippen LogP contribution in [0, 0.1) is 0 Å². The van der Waals surface area contributed by atoms with E-state index in [0.717, 1.165) is 0 Å². The molecule has 106 valence electrons. The summed E-state index contributed by atoms with van der Waals surface area (Å²) in [5.74, 6) is 0.664. The van der Waals surface area contributed by atoms with Crippen molar-refractivity contribution >= 4 is 27.4 Å². The third kappa shape index (κ3) is 2.85. The number of sulfone groups is 1. The average molecular weight is 316 g/mol. The fourth-order valence-corrected chi connectivity index (χ4v) is 3.74. The number of anilines is 1. The van der Waals surface area contributed by atoms with Crippen LogP contribution >= 0.6 is 11.6 Å². The van der Waals surface area contributed by atoms with Crippen LogP contribution in [-0.4, -0.2) is 55.7 Å². The second-order valence-corrected chi connectivity index (χ2v) is 6.88. The lowest BCUT2D eigenvalue weighted by Crippen LogP contribution is -2.22. The Kier molecular flexibility index (Phi) is 3.26. The van der Waals surface area contributed by atoms with Crippen LogP contribution in [0.3, 0.4) is 0 Å². The van der Waals surface area contributed by atoms with Crippen molar-refractivity contribution in [2.24, 2.45) is 0 Å². The van der Waals surface area contributed by atoms with Crippen molar-refractivity contribution in [1.29, 1.82) is 0 Å². The molecule has 1 N–H and O–H groups in total. The van der Waals surface area contributed by atoms with E-state index < -0.39 is 9.84 Å². The summed E-state index contributed by atoms with van der Waals surface area (Å²) < 4.78 is 24.2. The van der Waals surface area contributed by atoms with Crippen LogP contribution in [0.4, 0.5) is 5.95 Å². The van der Waals surface area contributed by atoms with Crippen LogP contribution in [0.5, 0.6) is 0 Å². The predicted molar refractivity (Wildman–Crippen MR) is 70.4 cm³/mol.